The summed E-state index contributed by atoms with van der Waals surface area (Å²) in [7, 11) is -4.01. The molecule has 12 heteroatoms. The molecular weight excluding hydrogens is 629 g/mol. The van der Waals surface area contributed by atoms with Gasteiger partial charge in [0, 0.05) is 59.8 Å². The van der Waals surface area contributed by atoms with E-state index in [4.69, 9.17) is 14.7 Å². The summed E-state index contributed by atoms with van der Waals surface area (Å²) in [5.74, 6) is 0.848. The van der Waals surface area contributed by atoms with Crippen molar-refractivity contribution >= 4 is 49.4 Å². The summed E-state index contributed by atoms with van der Waals surface area (Å²) >= 11 is 0. The summed E-state index contributed by atoms with van der Waals surface area (Å²) in [5, 5.41) is 1.29. The van der Waals surface area contributed by atoms with E-state index in [0.717, 1.165) is 22.2 Å². The number of rotatable bonds is 8. The highest BCUT2D eigenvalue weighted by atomic mass is 32.2. The molecule has 0 spiro atoms. The van der Waals surface area contributed by atoms with Crippen LogP contribution in [0.25, 0.3) is 33.1 Å². The summed E-state index contributed by atoms with van der Waals surface area (Å²) in [6.07, 6.45) is 0. The molecule has 242 valence electrons. The van der Waals surface area contributed by atoms with Gasteiger partial charge in [-0.05, 0) is 55.5 Å². The number of piperazine rings is 1. The normalized spacial score (nSPS) is 13.5. The highest BCUT2D eigenvalue weighted by Crippen LogP contribution is 2.29. The molecule has 2 aromatic heterocycles. The minimum absolute atomic E-state index is 0.0440. The largest absolute Gasteiger partial charge is 0.494 e. The number of nitrogens with zero attached hydrogens (tertiary/aromatic N) is 4. The number of hydrogen-bond acceptors (Lipinski definition) is 8. The van der Waals surface area contributed by atoms with Gasteiger partial charge >= 0.3 is 0 Å². The van der Waals surface area contributed by atoms with E-state index in [9.17, 15) is 18.0 Å². The number of amides is 1. The van der Waals surface area contributed by atoms with Gasteiger partial charge in [-0.15, -0.1) is 0 Å². The maximum atomic E-state index is 13.9. The quantitative estimate of drug-likeness (QED) is 0.224. The Labute approximate surface area is 276 Å². The van der Waals surface area contributed by atoms with Crippen LogP contribution in [0.4, 0.5) is 11.6 Å². The molecule has 1 aliphatic heterocycles. The van der Waals surface area contributed by atoms with Crippen LogP contribution in [0.1, 0.15) is 17.3 Å². The molecule has 0 bridgehead atoms. The van der Waals surface area contributed by atoms with E-state index in [1.165, 1.54) is 24.3 Å². The molecule has 6 aromatic rings. The van der Waals surface area contributed by atoms with Crippen molar-refractivity contribution in [3.63, 3.8) is 0 Å². The summed E-state index contributed by atoms with van der Waals surface area (Å²) in [6.45, 7) is 4.04. The number of hydrogen-bond donors (Lipinski definition) is 2. The number of sulfonamides is 1. The summed E-state index contributed by atoms with van der Waals surface area (Å²) in [4.78, 5) is 42.7. The topological polar surface area (TPSA) is 138 Å². The van der Waals surface area contributed by atoms with Crippen LogP contribution in [0.3, 0.4) is 0 Å². The zero-order valence-electron chi connectivity index (χ0n) is 26.1. The number of fused-ring (bicyclic) bond motifs is 2. The van der Waals surface area contributed by atoms with Crippen molar-refractivity contribution in [2.45, 2.75) is 11.8 Å². The Hall–Kier alpha value is -5.75. The van der Waals surface area contributed by atoms with Crippen LogP contribution in [0.15, 0.2) is 113 Å². The van der Waals surface area contributed by atoms with Crippen molar-refractivity contribution in [2.75, 3.05) is 42.4 Å². The van der Waals surface area contributed by atoms with Crippen LogP contribution >= 0.6 is 0 Å². The molecular formula is C36H32N6O5S. The molecule has 3 heterocycles. The van der Waals surface area contributed by atoms with Crippen LogP contribution in [0.2, 0.25) is 0 Å². The maximum absolute atomic E-state index is 13.9. The number of aromatic amines is 1. The molecule has 0 atom stereocenters. The molecule has 1 amide bonds. The molecule has 2 N–H and O–H groups in total. The fraction of sp³-hybridized carbons (Fsp3) is 0.167. The lowest BCUT2D eigenvalue weighted by Gasteiger charge is -2.35. The summed E-state index contributed by atoms with van der Waals surface area (Å²) in [5.41, 5.74) is 3.07. The zero-order valence-corrected chi connectivity index (χ0v) is 26.9. The molecule has 0 radical (unpaired) electrons. The van der Waals surface area contributed by atoms with E-state index < -0.39 is 15.6 Å². The molecule has 11 nitrogen and oxygen atoms in total. The third-order valence-electron chi connectivity index (χ3n) is 8.26. The van der Waals surface area contributed by atoms with E-state index in [1.807, 2.05) is 61.5 Å². The van der Waals surface area contributed by atoms with Gasteiger partial charge in [0.15, 0.2) is 0 Å². The van der Waals surface area contributed by atoms with Crippen LogP contribution in [0.5, 0.6) is 5.75 Å². The van der Waals surface area contributed by atoms with E-state index in [1.54, 1.807) is 29.2 Å². The number of pyridine rings is 1. The Morgan fingerprint density at radius 2 is 1.58 bits per heavy atom. The Morgan fingerprint density at radius 3 is 2.33 bits per heavy atom. The van der Waals surface area contributed by atoms with E-state index >= 15 is 0 Å². The number of H-pyrrole nitrogens is 1. The number of carbonyl (C=O) groups excluding carboxylic acids is 1. The van der Waals surface area contributed by atoms with Crippen molar-refractivity contribution < 1.29 is 17.9 Å². The molecule has 0 unspecified atom stereocenters. The fourth-order valence-corrected chi connectivity index (χ4v) is 6.96. The molecule has 7 rings (SSSR count). The van der Waals surface area contributed by atoms with E-state index in [-0.39, 0.29) is 16.4 Å². The third kappa shape index (κ3) is 6.17. The van der Waals surface area contributed by atoms with Gasteiger partial charge in [-0.3, -0.25) is 14.3 Å². The lowest BCUT2D eigenvalue weighted by Crippen LogP contribution is -2.49. The summed E-state index contributed by atoms with van der Waals surface area (Å²) < 4.78 is 34.7. The van der Waals surface area contributed by atoms with Gasteiger partial charge in [-0.2, -0.15) is 0 Å². The number of aromatic nitrogens is 3. The molecule has 1 fully saturated rings. The zero-order chi connectivity index (χ0) is 33.3. The number of carbonyl (C=O) groups is 1. The first kappa shape index (κ1) is 30.9. The minimum Gasteiger partial charge on any atom is -0.494 e. The van der Waals surface area contributed by atoms with Crippen LogP contribution in [0, 0.1) is 0 Å². The van der Waals surface area contributed by atoms with Gasteiger partial charge in [0.25, 0.3) is 15.9 Å². The van der Waals surface area contributed by atoms with Crippen molar-refractivity contribution in [3.05, 3.63) is 119 Å². The monoisotopic (exact) mass is 660 g/mol. The highest BCUT2D eigenvalue weighted by molar-refractivity contribution is 7.92. The molecule has 1 saturated heterocycles. The van der Waals surface area contributed by atoms with Gasteiger partial charge in [-0.1, -0.05) is 48.5 Å². The Morgan fingerprint density at radius 1 is 0.854 bits per heavy atom. The van der Waals surface area contributed by atoms with Crippen LogP contribution in [-0.2, 0) is 10.0 Å². The molecule has 4 aromatic carbocycles. The Bertz CT molecular complexity index is 2300. The number of ether oxygens (including phenoxy) is 1. The van der Waals surface area contributed by atoms with Gasteiger partial charge in [-0.25, -0.2) is 18.4 Å². The lowest BCUT2D eigenvalue weighted by atomic mass is 10.1. The second-order valence-electron chi connectivity index (χ2n) is 11.4. The van der Waals surface area contributed by atoms with Crippen LogP contribution < -0.4 is 19.9 Å². The first-order valence-corrected chi connectivity index (χ1v) is 17.1. The van der Waals surface area contributed by atoms with Crippen LogP contribution in [-0.4, -0.2) is 67.0 Å². The number of nitrogens with one attached hydrogen (secondary N) is 2. The third-order valence-corrected chi connectivity index (χ3v) is 9.64. The molecule has 1 aliphatic rings. The van der Waals surface area contributed by atoms with Gasteiger partial charge in [0.05, 0.1) is 28.3 Å². The van der Waals surface area contributed by atoms with Gasteiger partial charge in [0.2, 0.25) is 11.5 Å². The number of anilines is 2. The lowest BCUT2D eigenvalue weighted by molar-refractivity contribution is 0.0748. The first-order chi connectivity index (χ1) is 23.3. The maximum Gasteiger partial charge on any atom is 0.261 e. The van der Waals surface area contributed by atoms with Gasteiger partial charge in [0.1, 0.15) is 5.75 Å². The molecule has 0 aliphatic carbocycles. The first-order valence-electron chi connectivity index (χ1n) is 15.6. The Balaban J connectivity index is 1.13. The summed E-state index contributed by atoms with van der Waals surface area (Å²) in [6, 6.07) is 30.0. The number of para-hydroxylation sites is 1. The SMILES string of the molecule is CCOc1ccc(NS(=O)(=O)c2ccc3[nH]c(=O)cc(C(=O)N4CCN(c5nc(-c6ccccc6)c6ccccc6n5)CC4)c3c2)cc1. The minimum atomic E-state index is -4.01. The predicted octanol–water partition coefficient (Wildman–Crippen LogP) is 5.30. The average Bonchev–Trinajstić information content (AvgIpc) is 3.11. The van der Waals surface area contributed by atoms with Gasteiger partial charge < -0.3 is 19.5 Å². The standard InChI is InChI=1S/C36H32N6O5S/c1-2-47-26-14-12-25(13-15-26)40-48(45,46)27-16-17-32-29(22-27)30(23-33(43)37-32)35(44)41-18-20-42(21-19-41)36-38-31-11-7-6-10-28(31)34(39-36)24-8-4-3-5-9-24/h3-17,22-23,40H,2,18-21H2,1H3,(H,37,43). The van der Waals surface area contributed by atoms with Crippen molar-refractivity contribution in [2.24, 2.45) is 0 Å². The van der Waals surface area contributed by atoms with E-state index in [2.05, 4.69) is 14.6 Å². The second-order valence-corrected chi connectivity index (χ2v) is 13.0. The van der Waals surface area contributed by atoms with Crippen molar-refractivity contribution in [1.82, 2.24) is 19.9 Å². The Kier molecular flexibility index (Phi) is 8.24. The highest BCUT2D eigenvalue weighted by Gasteiger charge is 2.27. The predicted molar refractivity (Wildman–Crippen MR) is 186 cm³/mol. The molecule has 0 saturated carbocycles. The smallest absolute Gasteiger partial charge is 0.261 e. The average molecular weight is 661 g/mol. The number of benzene rings is 4. The molecule has 48 heavy (non-hydrogen) atoms. The van der Waals surface area contributed by atoms with E-state index in [0.29, 0.717) is 61.1 Å². The van der Waals surface area contributed by atoms with Crippen molar-refractivity contribution in [1.29, 1.82) is 0 Å². The van der Waals surface area contributed by atoms with Crippen molar-refractivity contribution in [3.8, 4) is 17.0 Å². The fourth-order valence-electron chi connectivity index (χ4n) is 5.88. The second kappa shape index (κ2) is 12.8.